The van der Waals surface area contributed by atoms with Gasteiger partial charge >= 0.3 is 0 Å². The lowest BCUT2D eigenvalue weighted by atomic mass is 10.0. The van der Waals surface area contributed by atoms with Gasteiger partial charge in [0, 0.05) is 30.6 Å². The Hall–Kier alpha value is -1.63. The van der Waals surface area contributed by atoms with Gasteiger partial charge in [0.05, 0.1) is 6.61 Å². The van der Waals surface area contributed by atoms with Crippen molar-refractivity contribution in [2.45, 2.75) is 50.3 Å². The molecule has 0 saturated heterocycles. The first-order chi connectivity index (χ1) is 13.3. The zero-order valence-corrected chi connectivity index (χ0v) is 18.8. The van der Waals surface area contributed by atoms with Crippen LogP contribution in [0.4, 0.5) is 0 Å². The smallest absolute Gasteiger partial charge is 0.247 e. The number of hydrogen-bond acceptors (Lipinski definition) is 6. The first-order valence-corrected chi connectivity index (χ1v) is 11.1. The van der Waals surface area contributed by atoms with E-state index in [2.05, 4.69) is 11.8 Å². The number of sulfonamides is 1. The summed E-state index contributed by atoms with van der Waals surface area (Å²) in [5.74, 6) is 5.74. The molecule has 0 fully saturated rings. The maximum Gasteiger partial charge on any atom is 0.247 e. The van der Waals surface area contributed by atoms with Crippen molar-refractivity contribution in [1.82, 2.24) is 9.21 Å². The lowest BCUT2D eigenvalue weighted by Crippen LogP contribution is -2.49. The number of likely N-dealkylation sites (N-methyl/N-ethyl adjacent to an activating group) is 1. The van der Waals surface area contributed by atoms with E-state index in [9.17, 15) is 18.6 Å². The molecule has 1 aromatic rings. The molecule has 1 aromatic carbocycles. The minimum Gasteiger partial charge on any atom is -0.487 e. The normalized spacial score (nSPS) is 23.2. The molecule has 0 bridgehead atoms. The molecule has 0 aliphatic carbocycles. The van der Waals surface area contributed by atoms with E-state index in [1.807, 2.05) is 25.9 Å². The van der Waals surface area contributed by atoms with Crippen molar-refractivity contribution in [2.75, 3.05) is 33.8 Å². The van der Waals surface area contributed by atoms with Gasteiger partial charge in [-0.1, -0.05) is 18.8 Å². The average Bonchev–Trinajstić information content (AvgIpc) is 2.61. The second-order valence-electron chi connectivity index (χ2n) is 8.47. The second-order valence-corrected chi connectivity index (χ2v) is 10.3. The minimum absolute atomic E-state index is 0.0577. The Morgan fingerprint density at radius 2 is 2.03 bits per heavy atom. The van der Waals surface area contributed by atoms with Crippen LogP contribution in [0, 0.1) is 17.8 Å². The Bertz CT molecular complexity index is 881. The molecule has 0 spiro atoms. The quantitative estimate of drug-likeness (QED) is 0.705. The Kier molecular flexibility index (Phi) is 7.36. The van der Waals surface area contributed by atoms with Gasteiger partial charge in [0.15, 0.2) is 0 Å². The highest BCUT2D eigenvalue weighted by atomic mass is 32.2. The Balaban J connectivity index is 2.62. The molecule has 0 amide bonds. The molecule has 0 saturated carbocycles. The molecule has 1 heterocycles. The Morgan fingerprint density at radius 1 is 1.38 bits per heavy atom. The van der Waals surface area contributed by atoms with Gasteiger partial charge in [-0.05, 0) is 53.1 Å². The predicted molar refractivity (Wildman–Crippen MR) is 112 cm³/mol. The van der Waals surface area contributed by atoms with E-state index in [1.165, 1.54) is 10.4 Å². The van der Waals surface area contributed by atoms with Crippen molar-refractivity contribution in [1.29, 1.82) is 0 Å². The van der Waals surface area contributed by atoms with Gasteiger partial charge in [-0.2, -0.15) is 4.31 Å². The molecular formula is C21H32N2O5S. The topological polar surface area (TPSA) is 90.3 Å². The van der Waals surface area contributed by atoms with Gasteiger partial charge in [-0.3, -0.25) is 0 Å². The molecular weight excluding hydrogens is 392 g/mol. The summed E-state index contributed by atoms with van der Waals surface area (Å²) in [6.45, 7) is 7.40. The van der Waals surface area contributed by atoms with Crippen LogP contribution in [-0.4, -0.2) is 79.4 Å². The fraction of sp³-hybridized carbons (Fsp3) is 0.619. The fourth-order valence-corrected chi connectivity index (χ4v) is 4.93. The summed E-state index contributed by atoms with van der Waals surface area (Å²) in [6, 6.07) is 4.14. The van der Waals surface area contributed by atoms with Crippen LogP contribution in [0.5, 0.6) is 5.75 Å². The predicted octanol–water partition coefficient (Wildman–Crippen LogP) is 1.14. The van der Waals surface area contributed by atoms with E-state index in [1.54, 1.807) is 32.9 Å². The fourth-order valence-electron chi connectivity index (χ4n) is 3.11. The van der Waals surface area contributed by atoms with Gasteiger partial charge in [0.2, 0.25) is 10.0 Å². The SMILES string of the molecule is C[C@H]1CN([C@@H](C)CO)S(=O)(=O)c2ccc(C#CC(C)(C)O)cc2O[C@@H]1CN(C)C. The van der Waals surface area contributed by atoms with Crippen molar-refractivity contribution in [3.63, 3.8) is 0 Å². The molecule has 29 heavy (non-hydrogen) atoms. The maximum absolute atomic E-state index is 13.3. The number of aliphatic hydroxyl groups is 2. The van der Waals surface area contributed by atoms with Crippen molar-refractivity contribution in [3.8, 4) is 17.6 Å². The van der Waals surface area contributed by atoms with Crippen molar-refractivity contribution < 1.29 is 23.4 Å². The third kappa shape index (κ3) is 5.93. The molecule has 162 valence electrons. The summed E-state index contributed by atoms with van der Waals surface area (Å²) in [5, 5.41) is 19.5. The second kappa shape index (κ2) is 9.02. The van der Waals surface area contributed by atoms with Gasteiger partial charge < -0.3 is 19.8 Å². The van der Waals surface area contributed by atoms with Crippen LogP contribution in [0.25, 0.3) is 0 Å². The standard InChI is InChI=1S/C21H32N2O5S/c1-15-12-23(16(2)14-24)29(26,27)20-8-7-17(9-10-21(3,4)25)11-18(20)28-19(15)13-22(5)6/h7-8,11,15-16,19,24-25H,12-14H2,1-6H3/t15-,16-,19+/m0/s1. The van der Waals surface area contributed by atoms with Crippen LogP contribution >= 0.6 is 0 Å². The van der Waals surface area contributed by atoms with Crippen LogP contribution in [0.2, 0.25) is 0 Å². The molecule has 1 aliphatic rings. The van der Waals surface area contributed by atoms with Crippen LogP contribution in [0.1, 0.15) is 33.3 Å². The third-order valence-electron chi connectivity index (χ3n) is 4.72. The zero-order valence-electron chi connectivity index (χ0n) is 18.0. The Morgan fingerprint density at radius 3 is 2.59 bits per heavy atom. The van der Waals surface area contributed by atoms with Gasteiger partial charge in [0.1, 0.15) is 22.4 Å². The van der Waals surface area contributed by atoms with E-state index in [4.69, 9.17) is 4.74 Å². The number of benzene rings is 1. The minimum atomic E-state index is -3.86. The summed E-state index contributed by atoms with van der Waals surface area (Å²) in [6.07, 6.45) is -0.245. The van der Waals surface area contributed by atoms with E-state index < -0.39 is 21.7 Å². The number of fused-ring (bicyclic) bond motifs is 1. The molecule has 2 N–H and O–H groups in total. The van der Waals surface area contributed by atoms with E-state index in [0.29, 0.717) is 12.1 Å². The zero-order chi connectivity index (χ0) is 22.0. The summed E-state index contributed by atoms with van der Waals surface area (Å²) in [4.78, 5) is 2.05. The first-order valence-electron chi connectivity index (χ1n) is 9.69. The summed E-state index contributed by atoms with van der Waals surface area (Å²) in [5.41, 5.74) is -0.605. The highest BCUT2D eigenvalue weighted by Gasteiger charge is 2.37. The molecule has 0 aromatic heterocycles. The number of aliphatic hydroxyl groups excluding tert-OH is 1. The lowest BCUT2D eigenvalue weighted by Gasteiger charge is -2.37. The molecule has 0 radical (unpaired) electrons. The lowest BCUT2D eigenvalue weighted by molar-refractivity contribution is 0.0812. The van der Waals surface area contributed by atoms with E-state index in [0.717, 1.165) is 0 Å². The van der Waals surface area contributed by atoms with E-state index in [-0.39, 0.29) is 35.8 Å². The largest absolute Gasteiger partial charge is 0.487 e. The first kappa shape index (κ1) is 23.6. The third-order valence-corrected chi connectivity index (χ3v) is 6.74. The van der Waals surface area contributed by atoms with Gasteiger partial charge in [-0.15, -0.1) is 0 Å². The summed E-state index contributed by atoms with van der Waals surface area (Å²) >= 11 is 0. The number of rotatable bonds is 4. The molecule has 1 aliphatic heterocycles. The van der Waals surface area contributed by atoms with Gasteiger partial charge in [-0.25, -0.2) is 8.42 Å². The average molecular weight is 425 g/mol. The van der Waals surface area contributed by atoms with Crippen molar-refractivity contribution in [2.24, 2.45) is 5.92 Å². The van der Waals surface area contributed by atoms with Gasteiger partial charge in [0.25, 0.3) is 0 Å². The van der Waals surface area contributed by atoms with Crippen molar-refractivity contribution >= 4 is 10.0 Å². The van der Waals surface area contributed by atoms with Crippen molar-refractivity contribution in [3.05, 3.63) is 23.8 Å². The molecule has 3 atom stereocenters. The molecule has 8 heteroatoms. The van der Waals surface area contributed by atoms with Crippen LogP contribution in [-0.2, 0) is 10.0 Å². The number of ether oxygens (including phenoxy) is 1. The summed E-state index contributed by atoms with van der Waals surface area (Å²) < 4.78 is 34.2. The Labute approximate surface area is 174 Å². The maximum atomic E-state index is 13.3. The monoisotopic (exact) mass is 424 g/mol. The molecule has 2 rings (SSSR count). The van der Waals surface area contributed by atoms with E-state index >= 15 is 0 Å². The van der Waals surface area contributed by atoms with Crippen LogP contribution in [0.3, 0.4) is 0 Å². The highest BCUT2D eigenvalue weighted by molar-refractivity contribution is 7.89. The highest BCUT2D eigenvalue weighted by Crippen LogP contribution is 2.34. The molecule has 7 nitrogen and oxygen atoms in total. The molecule has 0 unspecified atom stereocenters. The number of hydrogen-bond donors (Lipinski definition) is 2. The van der Waals surface area contributed by atoms with Crippen LogP contribution in [0.15, 0.2) is 23.1 Å². The number of nitrogens with zero attached hydrogens (tertiary/aromatic N) is 2. The van der Waals surface area contributed by atoms with Crippen LogP contribution < -0.4 is 4.74 Å². The summed E-state index contributed by atoms with van der Waals surface area (Å²) in [7, 11) is 0.0110.